The normalized spacial score (nSPS) is 10.9. The van der Waals surface area contributed by atoms with Crippen molar-refractivity contribution < 1.29 is 4.92 Å². The van der Waals surface area contributed by atoms with E-state index in [0.717, 1.165) is 16.8 Å². The molecule has 1 N–H and O–H groups in total. The Morgan fingerprint density at radius 1 is 1.43 bits per heavy atom. The quantitative estimate of drug-likeness (QED) is 0.578. The fourth-order valence-electron chi connectivity index (χ4n) is 2.22. The number of nitro groups is 1. The molecule has 21 heavy (non-hydrogen) atoms. The molecule has 108 valence electrons. The van der Waals surface area contributed by atoms with Crippen molar-refractivity contribution in [1.29, 1.82) is 0 Å². The van der Waals surface area contributed by atoms with Gasteiger partial charge in [-0.2, -0.15) is 5.10 Å². The zero-order chi connectivity index (χ0) is 14.8. The standard InChI is InChI=1S/C13H13N5O2S/c1-17-9(5-7-16-17)4-6-14-10-2-3-11-12(15-8-21-11)13(10)18(19)20/h2-3,5,7-8,14H,4,6H2,1H3. The van der Waals surface area contributed by atoms with Gasteiger partial charge in [0.15, 0.2) is 5.52 Å². The van der Waals surface area contributed by atoms with Crippen LogP contribution in [0.3, 0.4) is 0 Å². The molecule has 0 bridgehead atoms. The van der Waals surface area contributed by atoms with Crippen molar-refractivity contribution in [3.8, 4) is 0 Å². The van der Waals surface area contributed by atoms with E-state index >= 15 is 0 Å². The van der Waals surface area contributed by atoms with Crippen molar-refractivity contribution in [3.63, 3.8) is 0 Å². The fourth-order valence-corrected chi connectivity index (χ4v) is 2.90. The van der Waals surface area contributed by atoms with Crippen LogP contribution >= 0.6 is 11.3 Å². The van der Waals surface area contributed by atoms with Crippen molar-refractivity contribution in [1.82, 2.24) is 14.8 Å². The summed E-state index contributed by atoms with van der Waals surface area (Å²) in [5.41, 5.74) is 3.67. The number of anilines is 1. The summed E-state index contributed by atoms with van der Waals surface area (Å²) >= 11 is 1.40. The molecule has 0 aliphatic carbocycles. The third kappa shape index (κ3) is 2.57. The highest BCUT2D eigenvalue weighted by Crippen LogP contribution is 2.34. The largest absolute Gasteiger partial charge is 0.379 e. The molecule has 0 atom stereocenters. The third-order valence-corrected chi connectivity index (χ3v) is 4.07. The van der Waals surface area contributed by atoms with Gasteiger partial charge < -0.3 is 5.32 Å². The number of rotatable bonds is 5. The van der Waals surface area contributed by atoms with E-state index in [2.05, 4.69) is 15.4 Å². The molecule has 0 aliphatic heterocycles. The number of hydrogen-bond acceptors (Lipinski definition) is 6. The first-order valence-electron chi connectivity index (χ1n) is 6.38. The second kappa shape index (κ2) is 5.49. The van der Waals surface area contributed by atoms with Gasteiger partial charge in [0.25, 0.3) is 0 Å². The minimum Gasteiger partial charge on any atom is -0.379 e. The molecule has 0 saturated carbocycles. The topological polar surface area (TPSA) is 85.9 Å². The van der Waals surface area contributed by atoms with Gasteiger partial charge in [-0.05, 0) is 18.2 Å². The molecular formula is C13H13N5O2S. The Labute approximate surface area is 124 Å². The Morgan fingerprint density at radius 3 is 3.00 bits per heavy atom. The lowest BCUT2D eigenvalue weighted by molar-refractivity contribution is -0.382. The first kappa shape index (κ1) is 13.5. The SMILES string of the molecule is Cn1nccc1CCNc1ccc2scnc2c1[N+](=O)[O-]. The summed E-state index contributed by atoms with van der Waals surface area (Å²) in [5, 5.41) is 18.5. The van der Waals surface area contributed by atoms with Gasteiger partial charge in [-0.25, -0.2) is 4.98 Å². The fraction of sp³-hybridized carbons (Fsp3) is 0.231. The summed E-state index contributed by atoms with van der Waals surface area (Å²) in [6, 6.07) is 5.52. The van der Waals surface area contributed by atoms with E-state index < -0.39 is 0 Å². The second-order valence-electron chi connectivity index (χ2n) is 4.54. The Kier molecular flexibility index (Phi) is 3.53. The highest BCUT2D eigenvalue weighted by atomic mass is 32.1. The minimum absolute atomic E-state index is 0.0405. The first-order chi connectivity index (χ1) is 10.2. The lowest BCUT2D eigenvalue weighted by atomic mass is 10.2. The van der Waals surface area contributed by atoms with Crippen LogP contribution in [0.1, 0.15) is 5.69 Å². The highest BCUT2D eigenvalue weighted by molar-refractivity contribution is 7.16. The van der Waals surface area contributed by atoms with Crippen LogP contribution in [-0.4, -0.2) is 26.2 Å². The maximum absolute atomic E-state index is 11.3. The molecule has 2 aromatic heterocycles. The van der Waals surface area contributed by atoms with Crippen LogP contribution < -0.4 is 5.32 Å². The maximum atomic E-state index is 11.3. The van der Waals surface area contributed by atoms with E-state index in [9.17, 15) is 10.1 Å². The van der Waals surface area contributed by atoms with Crippen molar-refractivity contribution in [2.75, 3.05) is 11.9 Å². The lowest BCUT2D eigenvalue weighted by Gasteiger charge is -2.07. The molecule has 0 amide bonds. The Balaban J connectivity index is 1.82. The van der Waals surface area contributed by atoms with E-state index in [4.69, 9.17) is 0 Å². The third-order valence-electron chi connectivity index (χ3n) is 3.28. The van der Waals surface area contributed by atoms with Crippen LogP contribution in [-0.2, 0) is 13.5 Å². The molecule has 1 aromatic carbocycles. The summed E-state index contributed by atoms with van der Waals surface area (Å²) in [5.74, 6) is 0. The van der Waals surface area contributed by atoms with E-state index in [1.54, 1.807) is 22.5 Å². The van der Waals surface area contributed by atoms with Gasteiger partial charge in [0.1, 0.15) is 5.69 Å². The van der Waals surface area contributed by atoms with E-state index in [1.807, 2.05) is 19.2 Å². The van der Waals surface area contributed by atoms with Gasteiger partial charge in [-0.15, -0.1) is 11.3 Å². The Bertz CT molecular complexity index is 795. The molecule has 2 heterocycles. The van der Waals surface area contributed by atoms with Gasteiger partial charge in [0, 0.05) is 31.9 Å². The van der Waals surface area contributed by atoms with Crippen molar-refractivity contribution in [2.45, 2.75) is 6.42 Å². The predicted octanol–water partition coefficient (Wildman–Crippen LogP) is 2.59. The van der Waals surface area contributed by atoms with Gasteiger partial charge in [0.2, 0.25) is 0 Å². The van der Waals surface area contributed by atoms with E-state index in [1.165, 1.54) is 11.3 Å². The smallest absolute Gasteiger partial charge is 0.319 e. The molecule has 8 heteroatoms. The molecule has 0 saturated heterocycles. The summed E-state index contributed by atoms with van der Waals surface area (Å²) in [4.78, 5) is 15.0. The van der Waals surface area contributed by atoms with E-state index in [-0.39, 0.29) is 10.6 Å². The number of thiazole rings is 1. The molecule has 0 spiro atoms. The molecular weight excluding hydrogens is 290 g/mol. The van der Waals surface area contributed by atoms with Crippen LogP contribution in [0.5, 0.6) is 0 Å². The average molecular weight is 303 g/mol. The van der Waals surface area contributed by atoms with Crippen LogP contribution in [0.2, 0.25) is 0 Å². The van der Waals surface area contributed by atoms with Crippen LogP contribution in [0.25, 0.3) is 10.2 Å². The molecule has 3 rings (SSSR count). The first-order valence-corrected chi connectivity index (χ1v) is 7.26. The van der Waals surface area contributed by atoms with Crippen LogP contribution in [0.4, 0.5) is 11.4 Å². The van der Waals surface area contributed by atoms with Gasteiger partial charge in [-0.3, -0.25) is 14.8 Å². The zero-order valence-electron chi connectivity index (χ0n) is 11.3. The predicted molar refractivity (Wildman–Crippen MR) is 81.7 cm³/mol. The average Bonchev–Trinajstić information content (AvgIpc) is 3.07. The monoisotopic (exact) mass is 303 g/mol. The van der Waals surface area contributed by atoms with Crippen molar-refractivity contribution in [3.05, 3.63) is 45.7 Å². The zero-order valence-corrected chi connectivity index (χ0v) is 12.1. The number of hydrogen-bond donors (Lipinski definition) is 1. The Hall–Kier alpha value is -2.48. The number of aryl methyl sites for hydroxylation is 1. The number of nitrogens with zero attached hydrogens (tertiary/aromatic N) is 4. The molecule has 7 nitrogen and oxygen atoms in total. The van der Waals surface area contributed by atoms with Gasteiger partial charge in [0.05, 0.1) is 15.1 Å². The second-order valence-corrected chi connectivity index (χ2v) is 5.43. The van der Waals surface area contributed by atoms with Gasteiger partial charge in [-0.1, -0.05) is 0 Å². The molecule has 0 fully saturated rings. The number of nitrogens with one attached hydrogen (secondary N) is 1. The lowest BCUT2D eigenvalue weighted by Crippen LogP contribution is -2.09. The number of benzene rings is 1. The molecule has 3 aromatic rings. The summed E-state index contributed by atoms with van der Waals surface area (Å²) in [7, 11) is 1.87. The van der Waals surface area contributed by atoms with Gasteiger partial charge >= 0.3 is 5.69 Å². The van der Waals surface area contributed by atoms with Crippen molar-refractivity contribution >= 4 is 32.9 Å². The maximum Gasteiger partial charge on any atom is 0.319 e. The molecule has 0 aliphatic rings. The minimum atomic E-state index is -0.380. The van der Waals surface area contributed by atoms with Crippen molar-refractivity contribution in [2.24, 2.45) is 7.05 Å². The number of nitro benzene ring substituents is 1. The van der Waals surface area contributed by atoms with Crippen LogP contribution in [0.15, 0.2) is 29.9 Å². The summed E-state index contributed by atoms with van der Waals surface area (Å²) in [6.07, 6.45) is 2.47. The highest BCUT2D eigenvalue weighted by Gasteiger charge is 2.20. The molecule has 0 radical (unpaired) electrons. The number of fused-ring (bicyclic) bond motifs is 1. The van der Waals surface area contributed by atoms with E-state index in [0.29, 0.717) is 17.7 Å². The molecule has 0 unspecified atom stereocenters. The summed E-state index contributed by atoms with van der Waals surface area (Å²) in [6.45, 7) is 0.593. The number of aromatic nitrogens is 3. The van der Waals surface area contributed by atoms with Crippen LogP contribution in [0, 0.1) is 10.1 Å². The Morgan fingerprint density at radius 2 is 2.29 bits per heavy atom. The summed E-state index contributed by atoms with van der Waals surface area (Å²) < 4.78 is 2.61.